The quantitative estimate of drug-likeness (QED) is 0.819. The summed E-state index contributed by atoms with van der Waals surface area (Å²) >= 11 is 0. The number of hydrogen-bond acceptors (Lipinski definition) is 3. The molecule has 2 aliphatic rings. The van der Waals surface area contributed by atoms with Crippen LogP contribution in [0.3, 0.4) is 0 Å². The molecule has 0 bridgehead atoms. The van der Waals surface area contributed by atoms with Crippen molar-refractivity contribution < 1.29 is 4.79 Å². The highest BCUT2D eigenvalue weighted by molar-refractivity contribution is 5.96. The lowest BCUT2D eigenvalue weighted by atomic mass is 10.1. The summed E-state index contributed by atoms with van der Waals surface area (Å²) in [6, 6.07) is 0.276. The number of rotatable bonds is 2. The summed E-state index contributed by atoms with van der Waals surface area (Å²) in [5.41, 5.74) is 1.75. The molecule has 2 N–H and O–H groups in total. The summed E-state index contributed by atoms with van der Waals surface area (Å²) in [6.45, 7) is 4.81. The van der Waals surface area contributed by atoms with Gasteiger partial charge in [-0.2, -0.15) is 5.10 Å². The molecule has 1 aliphatic carbocycles. The minimum absolute atomic E-state index is 0.104. The molecule has 1 fully saturated rings. The van der Waals surface area contributed by atoms with Crippen LogP contribution >= 0.6 is 0 Å². The Labute approximate surface area is 101 Å². The average molecular weight is 234 g/mol. The number of amides is 1. The van der Waals surface area contributed by atoms with Gasteiger partial charge in [0.05, 0.1) is 5.69 Å². The number of carbonyl (C=O) groups is 1. The summed E-state index contributed by atoms with van der Waals surface area (Å²) in [4.78, 5) is 11.9. The first-order chi connectivity index (χ1) is 8.19. The van der Waals surface area contributed by atoms with Crippen molar-refractivity contribution in [3.8, 4) is 0 Å². The molecule has 5 nitrogen and oxygen atoms in total. The van der Waals surface area contributed by atoms with Gasteiger partial charge in [0.1, 0.15) is 11.5 Å². The number of hydrogen-bond donors (Lipinski definition) is 2. The zero-order valence-electron chi connectivity index (χ0n) is 10.3. The predicted octanol–water partition coefficient (Wildman–Crippen LogP) is 1.74. The molecule has 1 aromatic heterocycles. The molecule has 0 radical (unpaired) electrons. The second-order valence-electron chi connectivity index (χ2n) is 4.97. The Morgan fingerprint density at radius 3 is 2.88 bits per heavy atom. The van der Waals surface area contributed by atoms with E-state index in [0.717, 1.165) is 23.7 Å². The molecule has 2 heterocycles. The van der Waals surface area contributed by atoms with Crippen molar-refractivity contribution >= 4 is 17.4 Å². The highest BCUT2D eigenvalue weighted by Crippen LogP contribution is 2.39. The Kier molecular flexibility index (Phi) is 2.34. The van der Waals surface area contributed by atoms with E-state index in [1.165, 1.54) is 12.8 Å². The van der Waals surface area contributed by atoms with Gasteiger partial charge in [-0.15, -0.1) is 0 Å². The Balaban J connectivity index is 1.99. The van der Waals surface area contributed by atoms with Gasteiger partial charge in [-0.25, -0.2) is 4.68 Å². The van der Waals surface area contributed by atoms with Crippen LogP contribution in [0.4, 0.5) is 11.5 Å². The topological polar surface area (TPSA) is 59.0 Å². The number of fused-ring (bicyclic) bond motifs is 1. The maximum atomic E-state index is 11.9. The maximum absolute atomic E-state index is 11.9. The number of nitrogens with one attached hydrogen (secondary N) is 2. The van der Waals surface area contributed by atoms with Crippen LogP contribution in [-0.4, -0.2) is 21.7 Å². The van der Waals surface area contributed by atoms with E-state index >= 15 is 0 Å². The second-order valence-corrected chi connectivity index (χ2v) is 4.97. The lowest BCUT2D eigenvalue weighted by Gasteiger charge is -2.16. The van der Waals surface area contributed by atoms with Gasteiger partial charge in [-0.1, -0.05) is 0 Å². The van der Waals surface area contributed by atoms with Crippen LogP contribution in [-0.2, 0) is 11.3 Å². The number of aromatic nitrogens is 2. The highest BCUT2D eigenvalue weighted by Gasteiger charge is 2.36. The summed E-state index contributed by atoms with van der Waals surface area (Å²) in [5.74, 6) is 1.74. The first-order valence-corrected chi connectivity index (χ1v) is 6.32. The van der Waals surface area contributed by atoms with Crippen molar-refractivity contribution in [3.05, 3.63) is 5.69 Å². The zero-order chi connectivity index (χ0) is 12.0. The smallest absolute Gasteiger partial charge is 0.226 e. The number of nitrogens with zero attached hydrogens (tertiary/aromatic N) is 2. The Hall–Kier alpha value is -1.52. The minimum Gasteiger partial charge on any atom is -0.365 e. The van der Waals surface area contributed by atoms with Gasteiger partial charge in [0, 0.05) is 19.0 Å². The molecule has 0 saturated heterocycles. The fourth-order valence-corrected chi connectivity index (χ4v) is 2.51. The van der Waals surface area contributed by atoms with Crippen LogP contribution in [0.1, 0.15) is 31.9 Å². The SMILES string of the molecule is CCn1nc(C)c2c1NC(C1CC1)CC(=O)N2. The number of aryl methyl sites for hydroxylation is 2. The van der Waals surface area contributed by atoms with Crippen LogP contribution in [0.15, 0.2) is 0 Å². The fourth-order valence-electron chi connectivity index (χ4n) is 2.51. The summed E-state index contributed by atoms with van der Waals surface area (Å²) in [7, 11) is 0. The molecule has 0 aromatic carbocycles. The first-order valence-electron chi connectivity index (χ1n) is 6.32. The van der Waals surface area contributed by atoms with Crippen molar-refractivity contribution in [3.63, 3.8) is 0 Å². The third-order valence-corrected chi connectivity index (χ3v) is 3.61. The molecule has 1 amide bonds. The lowest BCUT2D eigenvalue weighted by molar-refractivity contribution is -0.116. The fraction of sp³-hybridized carbons (Fsp3) is 0.667. The minimum atomic E-state index is 0.104. The predicted molar refractivity (Wildman–Crippen MR) is 66.0 cm³/mol. The van der Waals surface area contributed by atoms with Gasteiger partial charge in [0.2, 0.25) is 5.91 Å². The molecule has 92 valence electrons. The second kappa shape index (κ2) is 3.75. The van der Waals surface area contributed by atoms with E-state index in [4.69, 9.17) is 0 Å². The molecule has 17 heavy (non-hydrogen) atoms. The molecular weight excluding hydrogens is 216 g/mol. The van der Waals surface area contributed by atoms with Crippen molar-refractivity contribution in [2.45, 2.75) is 45.7 Å². The standard InChI is InChI=1S/C12H18N4O/c1-3-16-12-11(7(2)15-16)14-10(17)6-9(13-12)8-4-5-8/h8-9,13H,3-6H2,1-2H3,(H,14,17). The molecule has 0 spiro atoms. The van der Waals surface area contributed by atoms with Gasteiger partial charge in [-0.05, 0) is 32.6 Å². The van der Waals surface area contributed by atoms with Crippen molar-refractivity contribution in [2.75, 3.05) is 10.6 Å². The third-order valence-electron chi connectivity index (χ3n) is 3.61. The van der Waals surface area contributed by atoms with Crippen molar-refractivity contribution in [2.24, 2.45) is 5.92 Å². The zero-order valence-corrected chi connectivity index (χ0v) is 10.3. The van der Waals surface area contributed by atoms with E-state index in [2.05, 4.69) is 22.7 Å². The third kappa shape index (κ3) is 1.79. The summed E-state index contributed by atoms with van der Waals surface area (Å²) < 4.78 is 1.94. The van der Waals surface area contributed by atoms with Crippen LogP contribution in [0.25, 0.3) is 0 Å². The van der Waals surface area contributed by atoms with E-state index in [-0.39, 0.29) is 11.9 Å². The Morgan fingerprint density at radius 1 is 1.47 bits per heavy atom. The van der Waals surface area contributed by atoms with Crippen LogP contribution in [0, 0.1) is 12.8 Å². The molecule has 1 aromatic rings. The molecule has 1 saturated carbocycles. The average Bonchev–Trinajstić information content (AvgIpc) is 3.09. The molecule has 1 unspecified atom stereocenters. The largest absolute Gasteiger partial charge is 0.365 e. The molecule has 1 aliphatic heterocycles. The van der Waals surface area contributed by atoms with Crippen LogP contribution < -0.4 is 10.6 Å². The normalized spacial score (nSPS) is 23.6. The van der Waals surface area contributed by atoms with Crippen molar-refractivity contribution in [1.82, 2.24) is 9.78 Å². The van der Waals surface area contributed by atoms with Crippen LogP contribution in [0.5, 0.6) is 0 Å². The van der Waals surface area contributed by atoms with E-state index in [9.17, 15) is 4.79 Å². The molecule has 5 heteroatoms. The van der Waals surface area contributed by atoms with E-state index < -0.39 is 0 Å². The molecule has 3 rings (SSSR count). The van der Waals surface area contributed by atoms with Gasteiger partial charge >= 0.3 is 0 Å². The Morgan fingerprint density at radius 2 is 2.24 bits per heavy atom. The number of carbonyl (C=O) groups excluding carboxylic acids is 1. The Bertz CT molecular complexity index is 461. The van der Waals surface area contributed by atoms with E-state index in [1.807, 2.05) is 11.6 Å². The summed E-state index contributed by atoms with van der Waals surface area (Å²) in [6.07, 6.45) is 3.04. The van der Waals surface area contributed by atoms with E-state index in [1.54, 1.807) is 0 Å². The molecular formula is C12H18N4O. The maximum Gasteiger partial charge on any atom is 0.226 e. The lowest BCUT2D eigenvalue weighted by Crippen LogP contribution is -2.26. The number of anilines is 2. The van der Waals surface area contributed by atoms with E-state index in [0.29, 0.717) is 12.3 Å². The van der Waals surface area contributed by atoms with Gasteiger partial charge in [-0.3, -0.25) is 4.79 Å². The monoisotopic (exact) mass is 234 g/mol. The molecule has 1 atom stereocenters. The first kappa shape index (κ1) is 10.6. The van der Waals surface area contributed by atoms with Crippen molar-refractivity contribution in [1.29, 1.82) is 0 Å². The van der Waals surface area contributed by atoms with Crippen LogP contribution in [0.2, 0.25) is 0 Å². The highest BCUT2D eigenvalue weighted by atomic mass is 16.1. The van der Waals surface area contributed by atoms with Gasteiger partial charge in [0.25, 0.3) is 0 Å². The summed E-state index contributed by atoms with van der Waals surface area (Å²) in [5, 5.41) is 10.9. The van der Waals surface area contributed by atoms with Gasteiger partial charge in [0.15, 0.2) is 0 Å². The van der Waals surface area contributed by atoms with Gasteiger partial charge < -0.3 is 10.6 Å².